The van der Waals surface area contributed by atoms with Gasteiger partial charge in [0.2, 0.25) is 0 Å². The SMILES string of the molecule is Clc1ccc(-c2nc(-c3ccccc3)nc(-c3cccc4c5ccccc5n(-c5ccccc5)c34)n2)c2c(-c3ccccc3)cccc12. The third-order valence-corrected chi connectivity index (χ3v) is 9.26. The van der Waals surface area contributed by atoms with Crippen LogP contribution in [0.25, 0.3) is 83.6 Å². The highest BCUT2D eigenvalue weighted by molar-refractivity contribution is 6.36. The monoisotopic (exact) mass is 634 g/mol. The van der Waals surface area contributed by atoms with Crippen LogP contribution in [0.5, 0.6) is 0 Å². The molecule has 2 heterocycles. The number of para-hydroxylation sites is 3. The molecule has 0 aliphatic rings. The van der Waals surface area contributed by atoms with Crippen molar-refractivity contribution in [2.24, 2.45) is 0 Å². The lowest BCUT2D eigenvalue weighted by Gasteiger charge is -2.15. The Kier molecular flexibility index (Phi) is 6.81. The Morgan fingerprint density at radius 1 is 0.396 bits per heavy atom. The highest BCUT2D eigenvalue weighted by Gasteiger charge is 2.21. The Balaban J connectivity index is 1.38. The molecule has 0 aliphatic heterocycles. The van der Waals surface area contributed by atoms with Gasteiger partial charge in [-0.1, -0.05) is 139 Å². The van der Waals surface area contributed by atoms with Gasteiger partial charge < -0.3 is 4.57 Å². The average molecular weight is 635 g/mol. The van der Waals surface area contributed by atoms with Gasteiger partial charge in [0.1, 0.15) is 0 Å². The zero-order valence-electron chi connectivity index (χ0n) is 25.8. The average Bonchev–Trinajstić information content (AvgIpc) is 3.50. The predicted octanol–water partition coefficient (Wildman–Crippen LogP) is 11.4. The molecular formula is C43H27ClN4. The summed E-state index contributed by atoms with van der Waals surface area (Å²) in [5, 5.41) is 4.95. The number of halogens is 1. The number of hydrogen-bond acceptors (Lipinski definition) is 3. The van der Waals surface area contributed by atoms with Crippen LogP contribution in [0, 0.1) is 0 Å². The lowest BCUT2D eigenvalue weighted by molar-refractivity contribution is 1.07. The summed E-state index contributed by atoms with van der Waals surface area (Å²) in [6.45, 7) is 0. The van der Waals surface area contributed by atoms with Gasteiger partial charge in [-0.05, 0) is 47.5 Å². The summed E-state index contributed by atoms with van der Waals surface area (Å²) in [5.74, 6) is 1.79. The zero-order chi connectivity index (χ0) is 32.0. The molecule has 226 valence electrons. The zero-order valence-corrected chi connectivity index (χ0v) is 26.5. The van der Waals surface area contributed by atoms with Gasteiger partial charge in [-0.2, -0.15) is 0 Å². The Hall–Kier alpha value is -6.10. The summed E-state index contributed by atoms with van der Waals surface area (Å²) in [5.41, 5.74) is 8.15. The maximum atomic E-state index is 6.85. The van der Waals surface area contributed by atoms with Gasteiger partial charge in [-0.3, -0.25) is 0 Å². The van der Waals surface area contributed by atoms with E-state index in [-0.39, 0.29) is 0 Å². The van der Waals surface area contributed by atoms with Gasteiger partial charge in [0.15, 0.2) is 17.5 Å². The topological polar surface area (TPSA) is 43.6 Å². The number of hydrogen-bond donors (Lipinski definition) is 0. The maximum absolute atomic E-state index is 6.85. The molecular weight excluding hydrogens is 608 g/mol. The maximum Gasteiger partial charge on any atom is 0.166 e. The van der Waals surface area contributed by atoms with Crippen LogP contribution in [0.2, 0.25) is 5.02 Å². The van der Waals surface area contributed by atoms with Crippen molar-refractivity contribution < 1.29 is 0 Å². The minimum Gasteiger partial charge on any atom is -0.309 e. The Morgan fingerprint density at radius 3 is 1.71 bits per heavy atom. The van der Waals surface area contributed by atoms with Crippen molar-refractivity contribution in [1.29, 1.82) is 0 Å². The summed E-state index contributed by atoms with van der Waals surface area (Å²) < 4.78 is 2.32. The molecule has 0 radical (unpaired) electrons. The van der Waals surface area contributed by atoms with E-state index in [0.29, 0.717) is 22.5 Å². The second-order valence-corrected chi connectivity index (χ2v) is 12.2. The van der Waals surface area contributed by atoms with Gasteiger partial charge >= 0.3 is 0 Å². The molecule has 0 fully saturated rings. The first-order valence-electron chi connectivity index (χ1n) is 15.9. The second kappa shape index (κ2) is 11.6. The third kappa shape index (κ3) is 4.65. The van der Waals surface area contributed by atoms with Crippen LogP contribution in [0.1, 0.15) is 0 Å². The first-order chi connectivity index (χ1) is 23.7. The van der Waals surface area contributed by atoms with Crippen LogP contribution in [-0.2, 0) is 0 Å². The normalized spacial score (nSPS) is 11.4. The number of nitrogens with zero attached hydrogens (tertiary/aromatic N) is 4. The highest BCUT2D eigenvalue weighted by Crippen LogP contribution is 2.41. The van der Waals surface area contributed by atoms with Crippen LogP contribution in [0.15, 0.2) is 164 Å². The molecule has 4 nitrogen and oxygen atoms in total. The standard InChI is InChI=1S/C43H27ClN4/c44-37-27-26-35(39-31(21-12-23-34(37)39)28-14-4-1-5-15-28)42-45-41(29-16-6-2-7-17-29)46-43(47-42)36-24-13-22-33-32-20-10-11-25-38(32)48(40(33)36)30-18-8-3-9-19-30/h1-27H. The van der Waals surface area contributed by atoms with Crippen molar-refractivity contribution in [3.8, 4) is 51.0 Å². The van der Waals surface area contributed by atoms with Crippen molar-refractivity contribution >= 4 is 44.2 Å². The van der Waals surface area contributed by atoms with E-state index in [9.17, 15) is 0 Å². The van der Waals surface area contributed by atoms with Gasteiger partial charge in [-0.25, -0.2) is 15.0 Å². The molecule has 5 heteroatoms. The Labute approximate surface area is 282 Å². The number of benzene rings is 7. The lowest BCUT2D eigenvalue weighted by Crippen LogP contribution is -2.02. The van der Waals surface area contributed by atoms with Crippen molar-refractivity contribution in [1.82, 2.24) is 19.5 Å². The Bertz CT molecular complexity index is 2610. The first kappa shape index (κ1) is 28.1. The first-order valence-corrected chi connectivity index (χ1v) is 16.3. The predicted molar refractivity (Wildman–Crippen MR) is 198 cm³/mol. The molecule has 0 amide bonds. The van der Waals surface area contributed by atoms with Crippen molar-refractivity contribution in [3.63, 3.8) is 0 Å². The van der Waals surface area contributed by atoms with Gasteiger partial charge in [-0.15, -0.1) is 0 Å². The largest absolute Gasteiger partial charge is 0.309 e. The Morgan fingerprint density at radius 2 is 0.958 bits per heavy atom. The molecule has 0 saturated carbocycles. The fraction of sp³-hybridized carbons (Fsp3) is 0. The molecule has 9 rings (SSSR count). The summed E-state index contributed by atoms with van der Waals surface area (Å²) in [4.78, 5) is 15.6. The minimum absolute atomic E-state index is 0.586. The molecule has 2 aromatic heterocycles. The van der Waals surface area contributed by atoms with E-state index in [1.165, 1.54) is 5.39 Å². The summed E-state index contributed by atoms with van der Waals surface area (Å²) in [6, 6.07) is 56.1. The number of rotatable bonds is 5. The minimum atomic E-state index is 0.586. The molecule has 0 saturated heterocycles. The molecule has 48 heavy (non-hydrogen) atoms. The van der Waals surface area contributed by atoms with E-state index in [4.69, 9.17) is 26.6 Å². The summed E-state index contributed by atoms with van der Waals surface area (Å²) >= 11 is 6.85. The van der Waals surface area contributed by atoms with Crippen molar-refractivity contribution in [3.05, 3.63) is 169 Å². The van der Waals surface area contributed by atoms with E-state index < -0.39 is 0 Å². The fourth-order valence-corrected chi connectivity index (χ4v) is 7.01. The van der Waals surface area contributed by atoms with Crippen LogP contribution in [0.4, 0.5) is 0 Å². The van der Waals surface area contributed by atoms with Crippen molar-refractivity contribution in [2.75, 3.05) is 0 Å². The fourth-order valence-electron chi connectivity index (χ4n) is 6.79. The molecule has 0 atom stereocenters. The van der Waals surface area contributed by atoms with Gasteiger partial charge in [0, 0.05) is 48.9 Å². The van der Waals surface area contributed by atoms with Gasteiger partial charge in [0.05, 0.1) is 11.0 Å². The van der Waals surface area contributed by atoms with E-state index in [0.717, 1.165) is 60.7 Å². The quantitative estimate of drug-likeness (QED) is 0.189. The molecule has 0 unspecified atom stereocenters. The smallest absolute Gasteiger partial charge is 0.166 e. The van der Waals surface area contributed by atoms with Crippen LogP contribution in [-0.4, -0.2) is 19.5 Å². The molecule has 7 aromatic carbocycles. The molecule has 0 aliphatic carbocycles. The van der Waals surface area contributed by atoms with E-state index >= 15 is 0 Å². The van der Waals surface area contributed by atoms with Crippen molar-refractivity contribution in [2.45, 2.75) is 0 Å². The van der Waals surface area contributed by atoms with Crippen LogP contribution >= 0.6 is 11.6 Å². The second-order valence-electron chi connectivity index (χ2n) is 11.8. The highest BCUT2D eigenvalue weighted by atomic mass is 35.5. The molecule has 0 bridgehead atoms. The molecule has 9 aromatic rings. The van der Waals surface area contributed by atoms with E-state index in [1.807, 2.05) is 54.6 Å². The van der Waals surface area contributed by atoms with Crippen LogP contribution < -0.4 is 0 Å². The lowest BCUT2D eigenvalue weighted by atomic mass is 9.94. The summed E-state index contributed by atoms with van der Waals surface area (Å²) in [7, 11) is 0. The number of aromatic nitrogens is 4. The van der Waals surface area contributed by atoms with E-state index in [2.05, 4.69) is 114 Å². The number of fused-ring (bicyclic) bond motifs is 4. The van der Waals surface area contributed by atoms with Crippen LogP contribution in [0.3, 0.4) is 0 Å². The third-order valence-electron chi connectivity index (χ3n) is 8.93. The van der Waals surface area contributed by atoms with Gasteiger partial charge in [0.25, 0.3) is 0 Å². The summed E-state index contributed by atoms with van der Waals surface area (Å²) in [6.07, 6.45) is 0. The molecule has 0 N–H and O–H groups in total. The van der Waals surface area contributed by atoms with E-state index in [1.54, 1.807) is 0 Å². The molecule has 0 spiro atoms.